The number of pyridine rings is 1. The Balaban J connectivity index is 1.22. The number of halogens is 2. The molecule has 0 unspecified atom stereocenters. The zero-order valence-corrected chi connectivity index (χ0v) is 22.2. The van der Waals surface area contributed by atoms with E-state index in [0.717, 1.165) is 23.0 Å². The summed E-state index contributed by atoms with van der Waals surface area (Å²) in [4.78, 5) is 17.1. The highest BCUT2D eigenvalue weighted by atomic mass is 35.5. The molecular formula is C25H28Cl2N4O4S. The van der Waals surface area contributed by atoms with Gasteiger partial charge in [-0.1, -0.05) is 23.2 Å². The van der Waals surface area contributed by atoms with E-state index < -0.39 is 10.0 Å². The first-order chi connectivity index (χ1) is 17.3. The molecule has 0 atom stereocenters. The Morgan fingerprint density at radius 1 is 1.11 bits per heavy atom. The van der Waals surface area contributed by atoms with Gasteiger partial charge in [0.05, 0.1) is 22.5 Å². The van der Waals surface area contributed by atoms with Crippen molar-refractivity contribution in [3.8, 4) is 5.75 Å². The Morgan fingerprint density at radius 3 is 2.61 bits per heavy atom. The van der Waals surface area contributed by atoms with Crippen LogP contribution >= 0.6 is 23.2 Å². The van der Waals surface area contributed by atoms with Gasteiger partial charge in [-0.15, -0.1) is 0 Å². The van der Waals surface area contributed by atoms with E-state index in [-0.39, 0.29) is 34.8 Å². The van der Waals surface area contributed by atoms with Crippen LogP contribution in [0, 0.1) is 5.92 Å². The van der Waals surface area contributed by atoms with Crippen molar-refractivity contribution in [1.82, 2.24) is 14.6 Å². The lowest BCUT2D eigenvalue weighted by atomic mass is 9.97. The maximum Gasteiger partial charge on any atom is 0.243 e. The molecule has 36 heavy (non-hydrogen) atoms. The van der Waals surface area contributed by atoms with Crippen LogP contribution in [0.4, 0.5) is 5.69 Å². The fourth-order valence-corrected chi connectivity index (χ4v) is 6.24. The first-order valence-corrected chi connectivity index (χ1v) is 13.9. The van der Waals surface area contributed by atoms with E-state index in [9.17, 15) is 13.2 Å². The molecule has 1 amide bonds. The summed E-state index contributed by atoms with van der Waals surface area (Å²) in [5.74, 6) is 0.168. The zero-order valence-electron chi connectivity index (χ0n) is 19.8. The molecule has 1 aromatic heterocycles. The summed E-state index contributed by atoms with van der Waals surface area (Å²) >= 11 is 12.1. The number of fused-ring (bicyclic) bond motifs is 1. The van der Waals surface area contributed by atoms with Crippen molar-refractivity contribution in [2.75, 3.05) is 38.6 Å². The molecule has 192 valence electrons. The predicted molar refractivity (Wildman–Crippen MR) is 142 cm³/mol. The molecule has 1 fully saturated rings. The van der Waals surface area contributed by atoms with Crippen LogP contribution in [0.1, 0.15) is 19.3 Å². The van der Waals surface area contributed by atoms with Gasteiger partial charge in [-0.3, -0.25) is 9.78 Å². The highest BCUT2D eigenvalue weighted by molar-refractivity contribution is 7.89. The van der Waals surface area contributed by atoms with Crippen LogP contribution in [0.15, 0.2) is 53.6 Å². The molecule has 11 heteroatoms. The van der Waals surface area contributed by atoms with Gasteiger partial charge in [-0.05, 0) is 61.7 Å². The molecule has 1 aliphatic heterocycles. The molecule has 0 saturated carbocycles. The molecule has 2 heterocycles. The molecule has 3 aromatic rings. The fraction of sp³-hybridized carbons (Fsp3) is 0.360. The van der Waals surface area contributed by atoms with Crippen molar-refractivity contribution in [3.05, 3.63) is 58.7 Å². The lowest BCUT2D eigenvalue weighted by Crippen LogP contribution is -2.43. The van der Waals surface area contributed by atoms with Crippen molar-refractivity contribution in [2.45, 2.75) is 24.2 Å². The highest BCUT2D eigenvalue weighted by Crippen LogP contribution is 2.30. The number of nitrogens with one attached hydrogen (secondary N) is 2. The fourth-order valence-electron chi connectivity index (χ4n) is 4.26. The molecule has 4 rings (SSSR count). The van der Waals surface area contributed by atoms with Crippen LogP contribution < -0.4 is 15.4 Å². The number of nitrogens with zero attached hydrogens (tertiary/aromatic N) is 2. The molecule has 0 bridgehead atoms. The average Bonchev–Trinajstić information content (AvgIpc) is 2.88. The van der Waals surface area contributed by atoms with Gasteiger partial charge in [0, 0.05) is 54.4 Å². The topological polar surface area (TPSA) is 101 Å². The monoisotopic (exact) mass is 550 g/mol. The first-order valence-electron chi connectivity index (χ1n) is 11.7. The van der Waals surface area contributed by atoms with Gasteiger partial charge in [0.25, 0.3) is 0 Å². The number of carbonyl (C=O) groups excluding carboxylic acids is 1. The molecule has 0 aliphatic carbocycles. The molecule has 8 nitrogen and oxygen atoms in total. The Morgan fingerprint density at radius 2 is 1.89 bits per heavy atom. The number of benzene rings is 2. The second-order valence-electron chi connectivity index (χ2n) is 8.57. The van der Waals surface area contributed by atoms with E-state index in [2.05, 4.69) is 15.6 Å². The van der Waals surface area contributed by atoms with E-state index in [1.165, 1.54) is 29.6 Å². The smallest absolute Gasteiger partial charge is 0.243 e. The Kier molecular flexibility index (Phi) is 8.56. The third-order valence-corrected chi connectivity index (χ3v) is 8.68. The number of anilines is 1. The Labute approximate surface area is 221 Å². The van der Waals surface area contributed by atoms with E-state index in [1.807, 2.05) is 24.3 Å². The summed E-state index contributed by atoms with van der Waals surface area (Å²) in [7, 11) is -2.21. The standard InChI is InChI=1S/C25H28Cl2N4O4S/c1-35-24-6-4-19(16-21(24)27)36(33,34)31-13-8-17(9-14-31)25(32)30-11-2-10-28-22-7-12-29-23-15-18(26)3-5-20(22)23/h3-7,12,15-17H,2,8-11,13-14H2,1H3,(H,28,29)(H,30,32). The largest absolute Gasteiger partial charge is 0.495 e. The number of piperidine rings is 1. The summed E-state index contributed by atoms with van der Waals surface area (Å²) in [5.41, 5.74) is 1.79. The third kappa shape index (κ3) is 6.03. The number of sulfonamides is 1. The molecule has 2 N–H and O–H groups in total. The highest BCUT2D eigenvalue weighted by Gasteiger charge is 2.32. The van der Waals surface area contributed by atoms with Gasteiger partial charge in [0.2, 0.25) is 15.9 Å². The van der Waals surface area contributed by atoms with Gasteiger partial charge < -0.3 is 15.4 Å². The number of ether oxygens (including phenoxy) is 1. The zero-order chi connectivity index (χ0) is 25.7. The maximum absolute atomic E-state index is 13.0. The Bertz CT molecular complexity index is 1350. The quantitative estimate of drug-likeness (QED) is 0.378. The predicted octanol–water partition coefficient (Wildman–Crippen LogP) is 4.57. The summed E-state index contributed by atoms with van der Waals surface area (Å²) in [5, 5.41) is 8.24. The van der Waals surface area contributed by atoms with Gasteiger partial charge >= 0.3 is 0 Å². The first kappa shape index (κ1) is 26.5. The lowest BCUT2D eigenvalue weighted by molar-refractivity contribution is -0.126. The van der Waals surface area contributed by atoms with Gasteiger partial charge in [0.15, 0.2) is 0 Å². The number of amides is 1. The maximum atomic E-state index is 13.0. The number of rotatable bonds is 9. The number of aromatic nitrogens is 1. The van der Waals surface area contributed by atoms with Crippen LogP contribution in [-0.4, -0.2) is 56.9 Å². The average molecular weight is 551 g/mol. The number of hydrogen-bond acceptors (Lipinski definition) is 6. The summed E-state index contributed by atoms with van der Waals surface area (Å²) in [6.07, 6.45) is 3.42. The number of methoxy groups -OCH3 is 1. The van der Waals surface area contributed by atoms with Gasteiger partial charge in [-0.2, -0.15) is 4.31 Å². The Hall–Kier alpha value is -2.59. The van der Waals surface area contributed by atoms with E-state index in [4.69, 9.17) is 27.9 Å². The third-order valence-electron chi connectivity index (χ3n) is 6.26. The van der Waals surface area contributed by atoms with Crippen LogP contribution in [0.5, 0.6) is 5.75 Å². The minimum Gasteiger partial charge on any atom is -0.495 e. The number of hydrogen-bond donors (Lipinski definition) is 2. The van der Waals surface area contributed by atoms with Gasteiger partial charge in [-0.25, -0.2) is 8.42 Å². The molecule has 0 spiro atoms. The normalized spacial score (nSPS) is 15.1. The van der Waals surface area contributed by atoms with E-state index in [0.29, 0.717) is 36.7 Å². The van der Waals surface area contributed by atoms with E-state index >= 15 is 0 Å². The molecular weight excluding hydrogens is 523 g/mol. The lowest BCUT2D eigenvalue weighted by Gasteiger charge is -2.30. The van der Waals surface area contributed by atoms with Gasteiger partial charge in [0.1, 0.15) is 5.75 Å². The minimum atomic E-state index is -3.69. The van der Waals surface area contributed by atoms with E-state index in [1.54, 1.807) is 6.20 Å². The number of carbonyl (C=O) groups is 1. The van der Waals surface area contributed by atoms with Crippen LogP contribution in [0.25, 0.3) is 10.9 Å². The minimum absolute atomic E-state index is 0.0384. The second-order valence-corrected chi connectivity index (χ2v) is 11.3. The second kappa shape index (κ2) is 11.6. The SMILES string of the molecule is COc1ccc(S(=O)(=O)N2CCC(C(=O)NCCCNc3ccnc4cc(Cl)ccc34)CC2)cc1Cl. The van der Waals surface area contributed by atoms with Crippen molar-refractivity contribution >= 4 is 55.7 Å². The van der Waals surface area contributed by atoms with Crippen LogP contribution in [0.2, 0.25) is 10.0 Å². The molecule has 1 aliphatic rings. The van der Waals surface area contributed by atoms with Crippen molar-refractivity contribution < 1.29 is 17.9 Å². The van der Waals surface area contributed by atoms with Crippen molar-refractivity contribution in [3.63, 3.8) is 0 Å². The van der Waals surface area contributed by atoms with Crippen LogP contribution in [0.3, 0.4) is 0 Å². The summed E-state index contributed by atoms with van der Waals surface area (Å²) in [6.45, 7) is 1.78. The van der Waals surface area contributed by atoms with Crippen molar-refractivity contribution in [2.24, 2.45) is 5.92 Å². The molecule has 1 saturated heterocycles. The van der Waals surface area contributed by atoms with Crippen molar-refractivity contribution in [1.29, 1.82) is 0 Å². The van der Waals surface area contributed by atoms with Crippen LogP contribution in [-0.2, 0) is 14.8 Å². The summed E-state index contributed by atoms with van der Waals surface area (Å²) < 4.78 is 32.5. The molecule has 2 aromatic carbocycles. The molecule has 0 radical (unpaired) electrons. The summed E-state index contributed by atoms with van der Waals surface area (Å²) in [6, 6.07) is 11.9.